The number of benzene rings is 3. The maximum Gasteiger partial charge on any atom is 0.280 e. The van der Waals surface area contributed by atoms with Gasteiger partial charge >= 0.3 is 0 Å². The minimum absolute atomic E-state index is 0.198. The number of hydrogen-bond donors (Lipinski definition) is 0. The van der Waals surface area contributed by atoms with Gasteiger partial charge < -0.3 is 9.47 Å². The lowest BCUT2D eigenvalue weighted by Crippen LogP contribution is -2.21. The van der Waals surface area contributed by atoms with E-state index in [0.717, 1.165) is 15.6 Å². The van der Waals surface area contributed by atoms with E-state index in [0.29, 0.717) is 28.5 Å². The first-order valence-corrected chi connectivity index (χ1v) is 10.7. The van der Waals surface area contributed by atoms with Gasteiger partial charge in [-0.15, -0.1) is 0 Å². The van der Waals surface area contributed by atoms with E-state index in [1.807, 2.05) is 30.3 Å². The second kappa shape index (κ2) is 9.36. The molecule has 1 heterocycles. The van der Waals surface area contributed by atoms with Crippen molar-refractivity contribution in [2.45, 2.75) is 13.5 Å². The molecule has 7 heteroatoms. The number of para-hydroxylation sites is 1. The van der Waals surface area contributed by atoms with Crippen LogP contribution in [-0.4, -0.2) is 18.7 Å². The number of ether oxygens (including phenoxy) is 2. The van der Waals surface area contributed by atoms with Gasteiger partial charge in [-0.25, -0.2) is 4.39 Å². The number of nitrogens with zero attached hydrogens (tertiary/aromatic N) is 2. The molecule has 0 aliphatic carbocycles. The van der Waals surface area contributed by atoms with Crippen LogP contribution in [0.3, 0.4) is 0 Å². The molecule has 0 saturated carbocycles. The number of rotatable bonds is 6. The van der Waals surface area contributed by atoms with Crippen molar-refractivity contribution in [1.82, 2.24) is 0 Å². The third-order valence-corrected chi connectivity index (χ3v) is 5.64. The number of halogens is 2. The monoisotopic (exact) mass is 494 g/mol. The third kappa shape index (κ3) is 4.57. The van der Waals surface area contributed by atoms with Gasteiger partial charge in [-0.2, -0.15) is 10.1 Å². The number of amides is 1. The van der Waals surface area contributed by atoms with Crippen LogP contribution in [0, 0.1) is 5.82 Å². The van der Waals surface area contributed by atoms with Crippen LogP contribution in [0.1, 0.15) is 18.1 Å². The van der Waals surface area contributed by atoms with Crippen molar-refractivity contribution < 1.29 is 18.7 Å². The van der Waals surface area contributed by atoms with Crippen LogP contribution in [0.2, 0.25) is 0 Å². The smallest absolute Gasteiger partial charge is 0.280 e. The summed E-state index contributed by atoms with van der Waals surface area (Å²) in [4.78, 5) is 13.0. The fourth-order valence-electron chi connectivity index (χ4n) is 3.26. The molecule has 3 aromatic carbocycles. The molecule has 1 aliphatic rings. The van der Waals surface area contributed by atoms with Gasteiger partial charge in [0.15, 0.2) is 11.5 Å². The number of anilines is 1. The topological polar surface area (TPSA) is 51.1 Å². The van der Waals surface area contributed by atoms with Crippen LogP contribution in [-0.2, 0) is 11.4 Å². The lowest BCUT2D eigenvalue weighted by Gasteiger charge is -2.14. The molecule has 0 bridgehead atoms. The molecule has 0 saturated heterocycles. The van der Waals surface area contributed by atoms with Gasteiger partial charge in [-0.1, -0.05) is 46.3 Å². The van der Waals surface area contributed by atoms with Crippen LogP contribution in [0.15, 0.2) is 81.9 Å². The lowest BCUT2D eigenvalue weighted by molar-refractivity contribution is -0.114. The van der Waals surface area contributed by atoms with Crippen molar-refractivity contribution in [2.24, 2.45) is 5.10 Å². The standard InChI is InChI=1S/C25H20BrFN2O3/c1-16-21(25(30)29(28-16)20-6-4-3-5-7-20)12-18-13-23(31-2)24(14-22(18)26)32-15-17-8-10-19(27)11-9-17/h3-14H,15H2,1-2H3/b21-12+. The Labute approximate surface area is 193 Å². The van der Waals surface area contributed by atoms with Gasteiger partial charge in [0.1, 0.15) is 12.4 Å². The summed E-state index contributed by atoms with van der Waals surface area (Å²) in [5.41, 5.74) is 3.42. The van der Waals surface area contributed by atoms with Crippen molar-refractivity contribution in [3.63, 3.8) is 0 Å². The number of carbonyl (C=O) groups is 1. The minimum atomic E-state index is -0.294. The SMILES string of the molecule is COc1cc(/C=C2/C(=O)N(c3ccccc3)N=C2C)c(Br)cc1OCc1ccc(F)cc1. The first-order chi connectivity index (χ1) is 15.5. The zero-order valence-corrected chi connectivity index (χ0v) is 19.1. The normalized spacial score (nSPS) is 14.6. The predicted molar refractivity (Wildman–Crippen MR) is 126 cm³/mol. The molecule has 0 fully saturated rings. The summed E-state index contributed by atoms with van der Waals surface area (Å²) in [6.45, 7) is 2.07. The minimum Gasteiger partial charge on any atom is -0.493 e. The molecule has 5 nitrogen and oxygen atoms in total. The van der Waals surface area contributed by atoms with Crippen molar-refractivity contribution >= 4 is 39.3 Å². The first-order valence-electron chi connectivity index (χ1n) is 9.88. The molecular weight excluding hydrogens is 475 g/mol. The van der Waals surface area contributed by atoms with Crippen molar-refractivity contribution in [3.05, 3.63) is 93.7 Å². The molecule has 3 aromatic rings. The zero-order valence-electron chi connectivity index (χ0n) is 17.5. The van der Waals surface area contributed by atoms with E-state index in [-0.39, 0.29) is 18.3 Å². The molecule has 0 unspecified atom stereocenters. The average Bonchev–Trinajstić information content (AvgIpc) is 3.09. The summed E-state index contributed by atoms with van der Waals surface area (Å²) in [5, 5.41) is 5.81. The molecule has 4 rings (SSSR count). The number of methoxy groups -OCH3 is 1. The molecule has 0 radical (unpaired) electrons. The highest BCUT2D eigenvalue weighted by atomic mass is 79.9. The highest BCUT2D eigenvalue weighted by molar-refractivity contribution is 9.10. The van der Waals surface area contributed by atoms with Crippen molar-refractivity contribution in [2.75, 3.05) is 12.1 Å². The Hall–Kier alpha value is -3.45. The van der Waals surface area contributed by atoms with Gasteiger partial charge in [0.2, 0.25) is 0 Å². The summed E-state index contributed by atoms with van der Waals surface area (Å²) < 4.78 is 25.2. The van der Waals surface area contributed by atoms with Crippen molar-refractivity contribution in [3.8, 4) is 11.5 Å². The Morgan fingerprint density at radius 3 is 2.47 bits per heavy atom. The molecule has 1 amide bonds. The Kier molecular flexibility index (Phi) is 6.37. The molecular formula is C25H20BrFN2O3. The molecule has 0 aromatic heterocycles. The summed E-state index contributed by atoms with van der Waals surface area (Å²) in [7, 11) is 1.55. The summed E-state index contributed by atoms with van der Waals surface area (Å²) in [5.74, 6) is 0.552. The van der Waals surface area contributed by atoms with Gasteiger partial charge in [0, 0.05) is 4.47 Å². The van der Waals surface area contributed by atoms with Crippen molar-refractivity contribution in [1.29, 1.82) is 0 Å². The quantitative estimate of drug-likeness (QED) is 0.396. The van der Waals surface area contributed by atoms with Gasteiger partial charge in [-0.3, -0.25) is 4.79 Å². The average molecular weight is 495 g/mol. The van der Waals surface area contributed by atoms with E-state index in [9.17, 15) is 9.18 Å². The molecule has 0 atom stereocenters. The molecule has 0 spiro atoms. The van der Waals surface area contributed by atoms with E-state index in [1.54, 1.807) is 44.4 Å². The predicted octanol–water partition coefficient (Wildman–Crippen LogP) is 5.98. The fraction of sp³-hybridized carbons (Fsp3) is 0.120. The Bertz CT molecular complexity index is 1210. The fourth-order valence-corrected chi connectivity index (χ4v) is 3.70. The Balaban J connectivity index is 1.59. The van der Waals surface area contributed by atoms with E-state index >= 15 is 0 Å². The lowest BCUT2D eigenvalue weighted by atomic mass is 10.1. The summed E-state index contributed by atoms with van der Waals surface area (Å²) in [6.07, 6.45) is 1.78. The van der Waals surface area contributed by atoms with E-state index in [1.165, 1.54) is 17.1 Å². The van der Waals surface area contributed by atoms with Crippen LogP contribution in [0.25, 0.3) is 6.08 Å². The second-order valence-corrected chi connectivity index (χ2v) is 7.99. The van der Waals surface area contributed by atoms with Crippen LogP contribution in [0.5, 0.6) is 11.5 Å². The zero-order chi connectivity index (χ0) is 22.7. The maximum atomic E-state index is 13.1. The van der Waals surface area contributed by atoms with Crippen LogP contribution in [0.4, 0.5) is 10.1 Å². The molecule has 1 aliphatic heterocycles. The van der Waals surface area contributed by atoms with Gasteiger partial charge in [0.05, 0.1) is 24.1 Å². The van der Waals surface area contributed by atoms with Crippen LogP contribution < -0.4 is 14.5 Å². The summed E-state index contributed by atoms with van der Waals surface area (Å²) >= 11 is 3.56. The van der Waals surface area contributed by atoms with E-state index in [4.69, 9.17) is 9.47 Å². The van der Waals surface area contributed by atoms with Gasteiger partial charge in [-0.05, 0) is 60.5 Å². The van der Waals surface area contributed by atoms with Crippen LogP contribution >= 0.6 is 15.9 Å². The second-order valence-electron chi connectivity index (χ2n) is 7.14. The number of hydrogen-bond acceptors (Lipinski definition) is 4. The highest BCUT2D eigenvalue weighted by Crippen LogP contribution is 2.36. The Morgan fingerprint density at radius 2 is 1.78 bits per heavy atom. The molecule has 0 N–H and O–H groups in total. The maximum absolute atomic E-state index is 13.1. The number of hydrazone groups is 1. The highest BCUT2D eigenvalue weighted by Gasteiger charge is 2.29. The third-order valence-electron chi connectivity index (χ3n) is 4.95. The van der Waals surface area contributed by atoms with Gasteiger partial charge in [0.25, 0.3) is 5.91 Å². The molecule has 32 heavy (non-hydrogen) atoms. The Morgan fingerprint density at radius 1 is 1.06 bits per heavy atom. The largest absolute Gasteiger partial charge is 0.493 e. The molecule has 162 valence electrons. The van der Waals surface area contributed by atoms with E-state index in [2.05, 4.69) is 21.0 Å². The number of carbonyl (C=O) groups excluding carboxylic acids is 1. The first kappa shape index (κ1) is 21.8. The van der Waals surface area contributed by atoms with E-state index < -0.39 is 0 Å². The summed E-state index contributed by atoms with van der Waals surface area (Å²) in [6, 6.07) is 19.0.